The van der Waals surface area contributed by atoms with Crippen LogP contribution in [0.25, 0.3) is 22.6 Å². The van der Waals surface area contributed by atoms with E-state index in [1.165, 1.54) is 11.6 Å². The van der Waals surface area contributed by atoms with Crippen LogP contribution in [0.2, 0.25) is 0 Å². The quantitative estimate of drug-likeness (QED) is 0.380. The van der Waals surface area contributed by atoms with Gasteiger partial charge in [0.25, 0.3) is 5.91 Å². The number of ether oxygens (including phenoxy) is 1. The second kappa shape index (κ2) is 8.37. The number of rotatable bonds is 4. The molecule has 1 N–H and O–H groups in total. The largest absolute Gasteiger partial charge is 0.496 e. The molecule has 5 rings (SSSR count). The number of halogens is 3. The topological polar surface area (TPSA) is 64.4 Å². The lowest BCUT2D eigenvalue weighted by Gasteiger charge is -2.15. The molecule has 0 saturated heterocycles. The van der Waals surface area contributed by atoms with Crippen LogP contribution in [-0.2, 0) is 19.0 Å². The van der Waals surface area contributed by atoms with Gasteiger partial charge in [0.15, 0.2) is 5.76 Å². The second-order valence-electron chi connectivity index (χ2n) is 7.94. The lowest BCUT2D eigenvalue weighted by Crippen LogP contribution is -2.14. The Morgan fingerprint density at radius 2 is 1.79 bits per heavy atom. The molecule has 8 heteroatoms. The van der Waals surface area contributed by atoms with E-state index < -0.39 is 17.6 Å². The Labute approximate surface area is 193 Å². The Morgan fingerprint density at radius 1 is 1.03 bits per heavy atom. The highest BCUT2D eigenvalue weighted by atomic mass is 19.4. The van der Waals surface area contributed by atoms with Crippen molar-refractivity contribution in [3.63, 3.8) is 0 Å². The first-order valence-electron chi connectivity index (χ1n) is 10.6. The summed E-state index contributed by atoms with van der Waals surface area (Å²) >= 11 is 0. The number of benzene rings is 3. The lowest BCUT2D eigenvalue weighted by molar-refractivity contribution is -0.138. The van der Waals surface area contributed by atoms with Crippen molar-refractivity contribution < 1.29 is 27.2 Å². The maximum atomic E-state index is 13.3. The zero-order valence-electron chi connectivity index (χ0n) is 18.1. The third-order valence-corrected chi connectivity index (χ3v) is 5.88. The van der Waals surface area contributed by atoms with E-state index in [2.05, 4.69) is 16.5 Å². The van der Waals surface area contributed by atoms with Gasteiger partial charge in [0, 0.05) is 27.9 Å². The van der Waals surface area contributed by atoms with Crippen LogP contribution in [0, 0.1) is 0 Å². The lowest BCUT2D eigenvalue weighted by atomic mass is 9.88. The molecule has 0 spiro atoms. The standard InChI is InChI=1S/C26H19F3N2O3/c1-33-22-13-9-17(14-21(22)26(27,28)29)25(32)30-18-10-6-16(7-11-18)24-20-12-8-15-4-2-3-5-19(15)23(20)31-34-24/h2-7,9-11,13-14H,8,12H2,1H3,(H,30,32). The van der Waals surface area contributed by atoms with E-state index in [4.69, 9.17) is 9.26 Å². The molecular weight excluding hydrogens is 445 g/mol. The third-order valence-electron chi connectivity index (χ3n) is 5.88. The van der Waals surface area contributed by atoms with Crippen molar-refractivity contribution >= 4 is 11.6 Å². The van der Waals surface area contributed by atoms with Gasteiger partial charge in [0.2, 0.25) is 0 Å². The molecule has 1 aromatic heterocycles. The monoisotopic (exact) mass is 464 g/mol. The van der Waals surface area contributed by atoms with Crippen molar-refractivity contribution in [2.45, 2.75) is 19.0 Å². The third kappa shape index (κ3) is 3.91. The van der Waals surface area contributed by atoms with Crippen LogP contribution in [0.1, 0.15) is 27.0 Å². The average Bonchev–Trinajstić information content (AvgIpc) is 3.28. The van der Waals surface area contributed by atoms with Gasteiger partial charge >= 0.3 is 6.18 Å². The molecule has 0 bridgehead atoms. The number of hydrogen-bond acceptors (Lipinski definition) is 4. The zero-order chi connectivity index (χ0) is 23.9. The predicted octanol–water partition coefficient (Wildman–Crippen LogP) is 6.39. The van der Waals surface area contributed by atoms with Crippen molar-refractivity contribution in [1.82, 2.24) is 5.16 Å². The molecule has 1 amide bonds. The van der Waals surface area contributed by atoms with Gasteiger partial charge < -0.3 is 14.6 Å². The normalized spacial score (nSPS) is 12.6. The summed E-state index contributed by atoms with van der Waals surface area (Å²) in [5, 5.41) is 6.91. The summed E-state index contributed by atoms with van der Waals surface area (Å²) in [4.78, 5) is 12.6. The molecule has 1 aliphatic rings. The number of anilines is 1. The Balaban J connectivity index is 1.37. The molecule has 3 aromatic carbocycles. The summed E-state index contributed by atoms with van der Waals surface area (Å²) in [6.07, 6.45) is -2.93. The molecule has 34 heavy (non-hydrogen) atoms. The molecule has 0 aliphatic heterocycles. The van der Waals surface area contributed by atoms with E-state index in [1.807, 2.05) is 18.2 Å². The van der Waals surface area contributed by atoms with E-state index in [0.29, 0.717) is 11.4 Å². The minimum atomic E-state index is -4.64. The van der Waals surface area contributed by atoms with E-state index in [9.17, 15) is 18.0 Å². The molecule has 0 fully saturated rings. The first-order valence-corrected chi connectivity index (χ1v) is 10.6. The fourth-order valence-corrected chi connectivity index (χ4v) is 4.19. The SMILES string of the molecule is COc1ccc(C(=O)Nc2ccc(-c3onc4c3CCc3ccccc3-4)cc2)cc1C(F)(F)F. The minimum absolute atomic E-state index is 0.125. The van der Waals surface area contributed by atoms with Crippen molar-refractivity contribution in [1.29, 1.82) is 0 Å². The van der Waals surface area contributed by atoms with Crippen molar-refractivity contribution in [2.24, 2.45) is 0 Å². The summed E-state index contributed by atoms with van der Waals surface area (Å²) in [6, 6.07) is 18.2. The molecule has 4 aromatic rings. The van der Waals surface area contributed by atoms with Gasteiger partial charge in [0.1, 0.15) is 11.4 Å². The number of hydrogen-bond donors (Lipinski definition) is 1. The number of nitrogens with zero attached hydrogens (tertiary/aromatic N) is 1. The molecule has 5 nitrogen and oxygen atoms in total. The second-order valence-corrected chi connectivity index (χ2v) is 7.94. The van der Waals surface area contributed by atoms with Gasteiger partial charge in [-0.15, -0.1) is 0 Å². The van der Waals surface area contributed by atoms with Gasteiger partial charge in [-0.1, -0.05) is 29.4 Å². The molecule has 1 aliphatic carbocycles. The Kier molecular flexibility index (Phi) is 5.36. The number of amides is 1. The van der Waals surface area contributed by atoms with Crippen LogP contribution < -0.4 is 10.1 Å². The number of nitrogens with one attached hydrogen (secondary N) is 1. The Bertz CT molecular complexity index is 1380. The summed E-state index contributed by atoms with van der Waals surface area (Å²) < 4.78 is 50.2. The number of carbonyl (C=O) groups is 1. The van der Waals surface area contributed by atoms with Gasteiger partial charge in [-0.25, -0.2) is 0 Å². The molecule has 1 heterocycles. The maximum absolute atomic E-state index is 13.3. The summed E-state index contributed by atoms with van der Waals surface area (Å²) in [7, 11) is 1.15. The number of fused-ring (bicyclic) bond motifs is 3. The Hall–Kier alpha value is -4.07. The van der Waals surface area contributed by atoms with Crippen LogP contribution >= 0.6 is 0 Å². The highest BCUT2D eigenvalue weighted by Gasteiger charge is 2.35. The van der Waals surface area contributed by atoms with Crippen LogP contribution in [0.4, 0.5) is 18.9 Å². The van der Waals surface area contributed by atoms with Crippen molar-refractivity contribution in [2.75, 3.05) is 12.4 Å². The minimum Gasteiger partial charge on any atom is -0.496 e. The van der Waals surface area contributed by atoms with Crippen molar-refractivity contribution in [3.8, 4) is 28.3 Å². The highest BCUT2D eigenvalue weighted by molar-refractivity contribution is 6.04. The molecule has 0 saturated carbocycles. The molecule has 0 radical (unpaired) electrons. The predicted molar refractivity (Wildman–Crippen MR) is 121 cm³/mol. The van der Waals surface area contributed by atoms with Crippen molar-refractivity contribution in [3.05, 3.63) is 89.0 Å². The number of carbonyl (C=O) groups excluding carboxylic acids is 1. The fourth-order valence-electron chi connectivity index (χ4n) is 4.19. The van der Waals surface area contributed by atoms with E-state index in [-0.39, 0.29) is 11.3 Å². The summed E-state index contributed by atoms with van der Waals surface area (Å²) in [6.45, 7) is 0. The van der Waals surface area contributed by atoms with E-state index in [0.717, 1.165) is 54.5 Å². The highest BCUT2D eigenvalue weighted by Crippen LogP contribution is 2.39. The maximum Gasteiger partial charge on any atom is 0.419 e. The number of aryl methyl sites for hydroxylation is 1. The first kappa shape index (κ1) is 21.8. The van der Waals surface area contributed by atoms with Crippen LogP contribution in [0.5, 0.6) is 5.75 Å². The Morgan fingerprint density at radius 3 is 2.53 bits per heavy atom. The molecular formula is C26H19F3N2O3. The van der Waals surface area contributed by atoms with Gasteiger partial charge in [-0.2, -0.15) is 13.2 Å². The van der Waals surface area contributed by atoms with Gasteiger partial charge in [-0.05, 0) is 60.9 Å². The number of aromatic nitrogens is 1. The molecule has 0 atom stereocenters. The van der Waals surface area contributed by atoms with Gasteiger partial charge in [-0.3, -0.25) is 4.79 Å². The van der Waals surface area contributed by atoms with Crippen LogP contribution in [0.15, 0.2) is 71.3 Å². The molecule has 0 unspecified atom stereocenters. The summed E-state index contributed by atoms with van der Waals surface area (Å²) in [5.41, 5.74) is 4.30. The zero-order valence-corrected chi connectivity index (χ0v) is 18.1. The summed E-state index contributed by atoms with van der Waals surface area (Å²) in [5.74, 6) is -0.326. The van der Waals surface area contributed by atoms with E-state index >= 15 is 0 Å². The van der Waals surface area contributed by atoms with Gasteiger partial charge in [0.05, 0.1) is 12.7 Å². The van der Waals surface area contributed by atoms with E-state index in [1.54, 1.807) is 24.3 Å². The average molecular weight is 464 g/mol. The van der Waals surface area contributed by atoms with Crippen LogP contribution in [-0.4, -0.2) is 18.2 Å². The number of alkyl halides is 3. The number of methoxy groups -OCH3 is 1. The molecule has 172 valence electrons. The smallest absolute Gasteiger partial charge is 0.419 e. The van der Waals surface area contributed by atoms with Crippen LogP contribution in [0.3, 0.4) is 0 Å². The fraction of sp³-hybridized carbons (Fsp3) is 0.154. The first-order chi connectivity index (χ1) is 16.3.